The van der Waals surface area contributed by atoms with Crippen LogP contribution in [0.25, 0.3) is 0 Å². The number of hydrogen-bond donors (Lipinski definition) is 1. The Bertz CT molecular complexity index is 360. The molecular weight excluding hydrogens is 256 g/mol. The highest BCUT2D eigenvalue weighted by atomic mass is 16.5. The molecule has 1 N–H and O–H groups in total. The molecule has 0 unspecified atom stereocenters. The molecule has 114 valence electrons. The van der Waals surface area contributed by atoms with Gasteiger partial charge in [0.05, 0.1) is 31.7 Å². The summed E-state index contributed by atoms with van der Waals surface area (Å²) < 4.78 is 15.7. The van der Waals surface area contributed by atoms with Gasteiger partial charge >= 0.3 is 0 Å². The zero-order chi connectivity index (χ0) is 14.8. The first-order valence-corrected chi connectivity index (χ1v) is 6.91. The Morgan fingerprint density at radius 2 is 1.85 bits per heavy atom. The molecule has 20 heavy (non-hydrogen) atoms. The molecule has 0 saturated heterocycles. The van der Waals surface area contributed by atoms with Crippen molar-refractivity contribution in [1.82, 2.24) is 10.3 Å². The van der Waals surface area contributed by atoms with Gasteiger partial charge in [0.2, 0.25) is 0 Å². The monoisotopic (exact) mass is 282 g/mol. The van der Waals surface area contributed by atoms with Crippen LogP contribution in [0.3, 0.4) is 0 Å². The van der Waals surface area contributed by atoms with E-state index in [2.05, 4.69) is 31.1 Å². The van der Waals surface area contributed by atoms with Gasteiger partial charge in [0, 0.05) is 19.2 Å². The highest BCUT2D eigenvalue weighted by Gasteiger charge is 2.08. The average molecular weight is 282 g/mol. The molecule has 1 heterocycles. The van der Waals surface area contributed by atoms with Crippen molar-refractivity contribution >= 4 is 0 Å². The molecule has 0 spiro atoms. The van der Waals surface area contributed by atoms with E-state index in [4.69, 9.17) is 14.2 Å². The summed E-state index contributed by atoms with van der Waals surface area (Å²) in [4.78, 5) is 4.36. The van der Waals surface area contributed by atoms with E-state index < -0.39 is 0 Å². The number of nitrogens with zero attached hydrogens (tertiary/aromatic N) is 1. The lowest BCUT2D eigenvalue weighted by Crippen LogP contribution is -2.35. The van der Waals surface area contributed by atoms with Crippen LogP contribution in [0.2, 0.25) is 0 Å². The fourth-order valence-electron chi connectivity index (χ4n) is 1.42. The van der Waals surface area contributed by atoms with Gasteiger partial charge in [-0.1, -0.05) is 0 Å². The molecule has 1 aromatic heterocycles. The van der Waals surface area contributed by atoms with Crippen LogP contribution in [0, 0.1) is 0 Å². The molecule has 0 atom stereocenters. The smallest absolute Gasteiger partial charge is 0.137 e. The number of ether oxygens (including phenoxy) is 3. The standard InChI is InChI=1S/C15H26N2O3/c1-15(2,3)17-11-13-5-6-14(12-16-13)20-10-9-19-8-7-18-4/h5-6,12,17H,7-11H2,1-4H3. The number of aromatic nitrogens is 1. The molecule has 0 aliphatic rings. The van der Waals surface area contributed by atoms with Crippen molar-refractivity contribution in [3.05, 3.63) is 24.0 Å². The molecule has 1 rings (SSSR count). The lowest BCUT2D eigenvalue weighted by molar-refractivity contribution is 0.0543. The number of methoxy groups -OCH3 is 1. The maximum absolute atomic E-state index is 5.54. The summed E-state index contributed by atoms with van der Waals surface area (Å²) in [6.45, 7) is 9.42. The highest BCUT2D eigenvalue weighted by Crippen LogP contribution is 2.10. The Labute approximate surface area is 121 Å². The van der Waals surface area contributed by atoms with Gasteiger partial charge < -0.3 is 19.5 Å². The Balaban J connectivity index is 2.21. The number of nitrogens with one attached hydrogen (secondary N) is 1. The van der Waals surface area contributed by atoms with E-state index in [9.17, 15) is 0 Å². The summed E-state index contributed by atoms with van der Waals surface area (Å²) in [5.74, 6) is 0.764. The fourth-order valence-corrected chi connectivity index (χ4v) is 1.42. The second kappa shape index (κ2) is 8.89. The van der Waals surface area contributed by atoms with Gasteiger partial charge in [-0.25, -0.2) is 0 Å². The number of hydrogen-bond acceptors (Lipinski definition) is 5. The Hall–Kier alpha value is -1.17. The predicted molar refractivity (Wildman–Crippen MR) is 79.0 cm³/mol. The quantitative estimate of drug-likeness (QED) is 0.702. The van der Waals surface area contributed by atoms with Crippen LogP contribution in [0.1, 0.15) is 26.5 Å². The molecule has 1 aromatic rings. The fraction of sp³-hybridized carbons (Fsp3) is 0.667. The molecule has 0 fully saturated rings. The summed E-state index contributed by atoms with van der Waals surface area (Å²) in [7, 11) is 1.65. The Morgan fingerprint density at radius 3 is 2.45 bits per heavy atom. The van der Waals surface area contributed by atoms with Crippen LogP contribution >= 0.6 is 0 Å². The van der Waals surface area contributed by atoms with E-state index >= 15 is 0 Å². The van der Waals surface area contributed by atoms with Gasteiger partial charge in [-0.2, -0.15) is 0 Å². The summed E-state index contributed by atoms with van der Waals surface area (Å²) >= 11 is 0. The van der Waals surface area contributed by atoms with E-state index in [1.807, 2.05) is 12.1 Å². The first kappa shape index (κ1) is 16.9. The molecule has 0 saturated carbocycles. The first-order valence-electron chi connectivity index (χ1n) is 6.91. The average Bonchev–Trinajstić information content (AvgIpc) is 2.41. The molecule has 0 bridgehead atoms. The van der Waals surface area contributed by atoms with Crippen LogP contribution in [0.15, 0.2) is 18.3 Å². The third kappa shape index (κ3) is 8.09. The van der Waals surface area contributed by atoms with Crippen LogP contribution in [-0.2, 0) is 16.0 Å². The second-order valence-corrected chi connectivity index (χ2v) is 5.54. The minimum atomic E-state index is 0.0936. The lowest BCUT2D eigenvalue weighted by Gasteiger charge is -2.20. The minimum Gasteiger partial charge on any atom is -0.490 e. The Morgan fingerprint density at radius 1 is 1.10 bits per heavy atom. The molecule has 5 nitrogen and oxygen atoms in total. The van der Waals surface area contributed by atoms with Crippen LogP contribution in [0.4, 0.5) is 0 Å². The van der Waals surface area contributed by atoms with Crippen molar-refractivity contribution in [3.8, 4) is 5.75 Å². The van der Waals surface area contributed by atoms with Gasteiger partial charge in [0.25, 0.3) is 0 Å². The number of pyridine rings is 1. The zero-order valence-electron chi connectivity index (χ0n) is 12.9. The van der Waals surface area contributed by atoms with Gasteiger partial charge in [0.1, 0.15) is 12.4 Å². The van der Waals surface area contributed by atoms with Crippen molar-refractivity contribution in [2.45, 2.75) is 32.9 Å². The number of rotatable bonds is 9. The lowest BCUT2D eigenvalue weighted by atomic mass is 10.1. The zero-order valence-corrected chi connectivity index (χ0v) is 12.9. The van der Waals surface area contributed by atoms with E-state index in [1.54, 1.807) is 13.3 Å². The van der Waals surface area contributed by atoms with E-state index in [1.165, 1.54) is 0 Å². The molecule has 5 heteroatoms. The van der Waals surface area contributed by atoms with Crippen molar-refractivity contribution in [1.29, 1.82) is 0 Å². The van der Waals surface area contributed by atoms with Crippen LogP contribution in [-0.4, -0.2) is 44.1 Å². The van der Waals surface area contributed by atoms with E-state index in [-0.39, 0.29) is 5.54 Å². The third-order valence-corrected chi connectivity index (χ3v) is 2.53. The largest absolute Gasteiger partial charge is 0.490 e. The van der Waals surface area contributed by atoms with Crippen molar-refractivity contribution < 1.29 is 14.2 Å². The summed E-state index contributed by atoms with van der Waals surface area (Å²) in [5.41, 5.74) is 1.10. The van der Waals surface area contributed by atoms with Crippen LogP contribution in [0.5, 0.6) is 5.75 Å². The summed E-state index contributed by atoms with van der Waals surface area (Å²) in [5, 5.41) is 3.39. The first-order chi connectivity index (χ1) is 9.51. The van der Waals surface area contributed by atoms with Gasteiger partial charge in [-0.15, -0.1) is 0 Å². The predicted octanol–water partition coefficient (Wildman–Crippen LogP) is 2.01. The maximum Gasteiger partial charge on any atom is 0.137 e. The molecule has 0 aliphatic heterocycles. The van der Waals surface area contributed by atoms with E-state index in [0.717, 1.165) is 18.0 Å². The van der Waals surface area contributed by atoms with Crippen molar-refractivity contribution in [2.24, 2.45) is 0 Å². The molecule has 0 radical (unpaired) electrons. The summed E-state index contributed by atoms with van der Waals surface area (Å²) in [6, 6.07) is 3.90. The van der Waals surface area contributed by atoms with Gasteiger partial charge in [-0.05, 0) is 32.9 Å². The minimum absolute atomic E-state index is 0.0936. The topological polar surface area (TPSA) is 52.6 Å². The normalized spacial score (nSPS) is 11.6. The van der Waals surface area contributed by atoms with Gasteiger partial charge in [0.15, 0.2) is 0 Å². The second-order valence-electron chi connectivity index (χ2n) is 5.54. The maximum atomic E-state index is 5.54. The molecule has 0 aliphatic carbocycles. The SMILES string of the molecule is COCCOCCOc1ccc(CNC(C)(C)C)nc1. The van der Waals surface area contributed by atoms with Crippen molar-refractivity contribution in [2.75, 3.05) is 33.5 Å². The third-order valence-electron chi connectivity index (χ3n) is 2.53. The molecule has 0 amide bonds. The van der Waals surface area contributed by atoms with E-state index in [0.29, 0.717) is 26.4 Å². The van der Waals surface area contributed by atoms with Crippen LogP contribution < -0.4 is 10.1 Å². The van der Waals surface area contributed by atoms with Crippen molar-refractivity contribution in [3.63, 3.8) is 0 Å². The molecule has 0 aromatic carbocycles. The Kier molecular flexibility index (Phi) is 7.51. The molecular formula is C15H26N2O3. The van der Waals surface area contributed by atoms with Gasteiger partial charge in [-0.3, -0.25) is 4.98 Å². The highest BCUT2D eigenvalue weighted by molar-refractivity contribution is 5.19. The summed E-state index contributed by atoms with van der Waals surface area (Å²) in [6.07, 6.45) is 1.74.